The second-order valence-electron chi connectivity index (χ2n) is 6.55. The molecule has 148 valence electrons. The van der Waals surface area contributed by atoms with Gasteiger partial charge >= 0.3 is 6.18 Å². The third-order valence-electron chi connectivity index (χ3n) is 4.57. The van der Waals surface area contributed by atoms with Crippen LogP contribution in [0.15, 0.2) is 48.5 Å². The van der Waals surface area contributed by atoms with Gasteiger partial charge in [-0.05, 0) is 30.7 Å². The number of anilines is 1. The van der Waals surface area contributed by atoms with Crippen molar-refractivity contribution in [2.45, 2.75) is 19.1 Å². The van der Waals surface area contributed by atoms with Crippen LogP contribution >= 0.6 is 0 Å². The Balaban J connectivity index is 1.53. The molecule has 2 atom stereocenters. The Kier molecular flexibility index (Phi) is 5.58. The van der Waals surface area contributed by atoms with Gasteiger partial charge in [-0.2, -0.15) is 13.2 Å². The van der Waals surface area contributed by atoms with Crippen LogP contribution in [0.25, 0.3) is 0 Å². The third-order valence-corrected chi connectivity index (χ3v) is 4.57. The molecule has 0 bridgehead atoms. The lowest BCUT2D eigenvalue weighted by atomic mass is 10.2. The average molecular weight is 392 g/mol. The Morgan fingerprint density at radius 1 is 1.07 bits per heavy atom. The first-order chi connectivity index (χ1) is 13.3. The molecule has 8 heteroatoms. The number of methoxy groups -OCH3 is 1. The fourth-order valence-corrected chi connectivity index (χ4v) is 2.95. The van der Waals surface area contributed by atoms with Gasteiger partial charge in [-0.25, -0.2) is 0 Å². The number of carbonyl (C=O) groups is 2. The van der Waals surface area contributed by atoms with E-state index in [0.29, 0.717) is 12.2 Å². The molecule has 2 aromatic rings. The number of amides is 2. The quantitative estimate of drug-likeness (QED) is 0.789. The van der Waals surface area contributed by atoms with E-state index in [1.807, 2.05) is 18.2 Å². The van der Waals surface area contributed by atoms with Crippen molar-refractivity contribution in [3.8, 4) is 5.75 Å². The minimum Gasteiger partial charge on any atom is -0.496 e. The molecule has 2 aromatic carbocycles. The first-order valence-electron chi connectivity index (χ1n) is 8.67. The van der Waals surface area contributed by atoms with Crippen LogP contribution in [-0.2, 0) is 22.3 Å². The normalized spacial score (nSPS) is 18.3. The summed E-state index contributed by atoms with van der Waals surface area (Å²) < 4.78 is 43.5. The largest absolute Gasteiger partial charge is 0.496 e. The number of hydrogen-bond donors (Lipinski definition) is 2. The van der Waals surface area contributed by atoms with Crippen LogP contribution in [0.4, 0.5) is 18.9 Å². The van der Waals surface area contributed by atoms with E-state index < -0.39 is 29.5 Å². The van der Waals surface area contributed by atoms with E-state index >= 15 is 0 Å². The van der Waals surface area contributed by atoms with E-state index in [0.717, 1.165) is 17.7 Å². The number of benzene rings is 2. The molecular formula is C20H19F3N2O3. The number of carbonyl (C=O) groups excluding carboxylic acids is 2. The maximum Gasteiger partial charge on any atom is 0.416 e. The summed E-state index contributed by atoms with van der Waals surface area (Å²) >= 11 is 0. The molecule has 0 heterocycles. The van der Waals surface area contributed by atoms with E-state index in [-0.39, 0.29) is 18.1 Å². The van der Waals surface area contributed by atoms with E-state index in [1.165, 1.54) is 19.2 Å². The molecule has 0 radical (unpaired) electrons. The van der Waals surface area contributed by atoms with Gasteiger partial charge in [-0.1, -0.05) is 24.3 Å². The topological polar surface area (TPSA) is 67.4 Å². The molecule has 0 spiro atoms. The number of alkyl halides is 3. The summed E-state index contributed by atoms with van der Waals surface area (Å²) in [6, 6.07) is 11.7. The van der Waals surface area contributed by atoms with Gasteiger partial charge in [-0.15, -0.1) is 0 Å². The second-order valence-corrected chi connectivity index (χ2v) is 6.55. The van der Waals surface area contributed by atoms with Crippen LogP contribution < -0.4 is 15.4 Å². The minimum atomic E-state index is -4.48. The highest BCUT2D eigenvalue weighted by molar-refractivity contribution is 5.99. The maximum atomic E-state index is 12.7. The Labute approximate surface area is 159 Å². The molecule has 1 saturated carbocycles. The summed E-state index contributed by atoms with van der Waals surface area (Å²) in [5.74, 6) is -1.11. The lowest BCUT2D eigenvalue weighted by molar-refractivity contribution is -0.137. The number of para-hydroxylation sites is 1. The van der Waals surface area contributed by atoms with Crippen molar-refractivity contribution in [2.24, 2.45) is 11.8 Å². The van der Waals surface area contributed by atoms with Crippen LogP contribution in [-0.4, -0.2) is 18.9 Å². The molecule has 28 heavy (non-hydrogen) atoms. The number of nitrogens with one attached hydrogen (secondary N) is 2. The van der Waals surface area contributed by atoms with Gasteiger partial charge in [0.25, 0.3) is 0 Å². The number of ether oxygens (including phenoxy) is 1. The lowest BCUT2D eigenvalue weighted by Gasteiger charge is -2.10. The smallest absolute Gasteiger partial charge is 0.416 e. The molecule has 1 aliphatic carbocycles. The van der Waals surface area contributed by atoms with Crippen molar-refractivity contribution in [3.05, 3.63) is 59.7 Å². The summed E-state index contributed by atoms with van der Waals surface area (Å²) in [7, 11) is 1.54. The summed E-state index contributed by atoms with van der Waals surface area (Å²) in [5, 5.41) is 5.22. The van der Waals surface area contributed by atoms with Crippen LogP contribution in [0.1, 0.15) is 17.5 Å². The summed E-state index contributed by atoms with van der Waals surface area (Å²) in [6.07, 6.45) is -4.12. The molecular weight excluding hydrogens is 373 g/mol. The Morgan fingerprint density at radius 3 is 2.50 bits per heavy atom. The second kappa shape index (κ2) is 7.92. The van der Waals surface area contributed by atoms with Gasteiger partial charge in [0, 0.05) is 17.8 Å². The first kappa shape index (κ1) is 19.7. The number of rotatable bonds is 6. The van der Waals surface area contributed by atoms with Crippen LogP contribution in [0, 0.1) is 11.8 Å². The Morgan fingerprint density at radius 2 is 1.79 bits per heavy atom. The van der Waals surface area contributed by atoms with Crippen molar-refractivity contribution in [1.29, 1.82) is 0 Å². The predicted octanol–water partition coefficient (Wildman–Crippen LogP) is 3.61. The number of hydrogen-bond acceptors (Lipinski definition) is 3. The standard InChI is InChI=1S/C20H19F3N2O3/c1-28-17-8-3-2-5-12(17)11-24-18(26)15-10-16(15)19(27)25-14-7-4-6-13(9-14)20(21,22)23/h2-9,15-16H,10-11H2,1H3,(H,24,26)(H,25,27). The highest BCUT2D eigenvalue weighted by Crippen LogP contribution is 2.40. The zero-order valence-electron chi connectivity index (χ0n) is 15.0. The fraction of sp³-hybridized carbons (Fsp3) is 0.300. The van der Waals surface area contributed by atoms with Gasteiger partial charge in [0.15, 0.2) is 0 Å². The SMILES string of the molecule is COc1ccccc1CNC(=O)C1CC1C(=O)Nc1cccc(C(F)(F)F)c1. The van der Waals surface area contributed by atoms with Crippen molar-refractivity contribution in [2.75, 3.05) is 12.4 Å². The molecule has 5 nitrogen and oxygen atoms in total. The Bertz CT molecular complexity index is 883. The van der Waals surface area contributed by atoms with E-state index in [4.69, 9.17) is 4.74 Å². The van der Waals surface area contributed by atoms with Gasteiger partial charge in [0.05, 0.1) is 24.5 Å². The van der Waals surface area contributed by atoms with E-state index in [1.54, 1.807) is 6.07 Å². The van der Waals surface area contributed by atoms with Crippen molar-refractivity contribution in [1.82, 2.24) is 5.32 Å². The van der Waals surface area contributed by atoms with Crippen LogP contribution in [0.2, 0.25) is 0 Å². The molecule has 2 unspecified atom stereocenters. The fourth-order valence-electron chi connectivity index (χ4n) is 2.95. The number of halogens is 3. The van der Waals surface area contributed by atoms with Gasteiger partial charge in [0.1, 0.15) is 5.75 Å². The van der Waals surface area contributed by atoms with Gasteiger partial charge in [0.2, 0.25) is 11.8 Å². The van der Waals surface area contributed by atoms with Crippen molar-refractivity contribution in [3.63, 3.8) is 0 Å². The summed E-state index contributed by atoms with van der Waals surface area (Å²) in [5.41, 5.74) is 0.0241. The van der Waals surface area contributed by atoms with E-state index in [9.17, 15) is 22.8 Å². The molecule has 1 aliphatic rings. The zero-order chi connectivity index (χ0) is 20.3. The highest BCUT2D eigenvalue weighted by atomic mass is 19.4. The first-order valence-corrected chi connectivity index (χ1v) is 8.67. The molecule has 1 fully saturated rings. The third kappa shape index (κ3) is 4.62. The lowest BCUT2D eigenvalue weighted by Crippen LogP contribution is -2.27. The van der Waals surface area contributed by atoms with E-state index in [2.05, 4.69) is 10.6 Å². The molecule has 3 rings (SSSR count). The minimum absolute atomic E-state index is 0.0555. The molecule has 0 aromatic heterocycles. The Hall–Kier alpha value is -3.03. The molecule has 0 saturated heterocycles. The molecule has 2 amide bonds. The van der Waals surface area contributed by atoms with Crippen molar-refractivity contribution < 1.29 is 27.5 Å². The summed E-state index contributed by atoms with van der Waals surface area (Å²) in [4.78, 5) is 24.5. The van der Waals surface area contributed by atoms with Crippen LogP contribution in [0.3, 0.4) is 0 Å². The zero-order valence-corrected chi connectivity index (χ0v) is 15.0. The monoisotopic (exact) mass is 392 g/mol. The van der Waals surface area contributed by atoms with Gasteiger partial charge in [-0.3, -0.25) is 9.59 Å². The van der Waals surface area contributed by atoms with Crippen LogP contribution in [0.5, 0.6) is 5.75 Å². The molecule has 0 aliphatic heterocycles. The average Bonchev–Trinajstić information content (AvgIpc) is 3.47. The predicted molar refractivity (Wildman–Crippen MR) is 96.5 cm³/mol. The highest BCUT2D eigenvalue weighted by Gasteiger charge is 2.48. The summed E-state index contributed by atoms with van der Waals surface area (Å²) in [6.45, 7) is 0.265. The maximum absolute atomic E-state index is 12.7. The molecule has 2 N–H and O–H groups in total. The van der Waals surface area contributed by atoms with Gasteiger partial charge < -0.3 is 15.4 Å². The van der Waals surface area contributed by atoms with Crippen molar-refractivity contribution >= 4 is 17.5 Å².